The first-order valence-corrected chi connectivity index (χ1v) is 5.53. The number of aromatic carboxylic acids is 1. The van der Waals surface area contributed by atoms with Crippen molar-refractivity contribution in [3.8, 4) is 11.1 Å². The molecule has 90 valence electrons. The lowest BCUT2D eigenvalue weighted by atomic mass is 9.97. The van der Waals surface area contributed by atoms with Crippen molar-refractivity contribution in [2.75, 3.05) is 0 Å². The van der Waals surface area contributed by atoms with Gasteiger partial charge in [-0.05, 0) is 30.2 Å². The molecule has 0 aliphatic rings. The fourth-order valence-corrected chi connectivity index (χ4v) is 1.83. The van der Waals surface area contributed by atoms with Crippen LogP contribution in [0.2, 0.25) is 0 Å². The minimum absolute atomic E-state index is 0.0437. The lowest BCUT2D eigenvalue weighted by Crippen LogP contribution is -2.06. The van der Waals surface area contributed by atoms with Gasteiger partial charge in [0.05, 0.1) is 5.56 Å². The first kappa shape index (κ1) is 12.0. The van der Waals surface area contributed by atoms with E-state index in [-0.39, 0.29) is 16.9 Å². The van der Waals surface area contributed by atoms with E-state index in [9.17, 15) is 9.59 Å². The number of rotatable bonds is 3. The van der Waals surface area contributed by atoms with Crippen molar-refractivity contribution >= 4 is 11.8 Å². The standard InChI is InChI=1S/C15H12O3/c1-10(16)14-9-12(7-8-13(14)15(17)18)11-5-3-2-4-6-11/h2-9H,1H3,(H,17,18). The number of carbonyl (C=O) groups is 2. The Morgan fingerprint density at radius 3 is 2.11 bits per heavy atom. The van der Waals surface area contributed by atoms with E-state index in [1.54, 1.807) is 12.1 Å². The van der Waals surface area contributed by atoms with Crippen LogP contribution in [0.3, 0.4) is 0 Å². The number of carboxylic acid groups (broad SMARTS) is 1. The van der Waals surface area contributed by atoms with Gasteiger partial charge in [-0.25, -0.2) is 4.79 Å². The molecule has 2 aromatic rings. The third-order valence-corrected chi connectivity index (χ3v) is 2.74. The summed E-state index contributed by atoms with van der Waals surface area (Å²) in [6.45, 7) is 1.37. The molecular formula is C15H12O3. The van der Waals surface area contributed by atoms with E-state index in [0.29, 0.717) is 0 Å². The van der Waals surface area contributed by atoms with Crippen molar-refractivity contribution in [2.45, 2.75) is 6.92 Å². The van der Waals surface area contributed by atoms with E-state index in [0.717, 1.165) is 11.1 Å². The topological polar surface area (TPSA) is 54.4 Å². The molecule has 0 bridgehead atoms. The molecule has 0 fully saturated rings. The Morgan fingerprint density at radius 2 is 1.56 bits per heavy atom. The second kappa shape index (κ2) is 4.84. The predicted molar refractivity (Wildman–Crippen MR) is 68.8 cm³/mol. The highest BCUT2D eigenvalue weighted by Crippen LogP contribution is 2.22. The van der Waals surface area contributed by atoms with Gasteiger partial charge in [-0.1, -0.05) is 36.4 Å². The number of ketones is 1. The number of benzene rings is 2. The number of carbonyl (C=O) groups excluding carboxylic acids is 1. The lowest BCUT2D eigenvalue weighted by molar-refractivity contribution is 0.0692. The Balaban J connectivity index is 2.57. The minimum atomic E-state index is -1.08. The molecule has 3 heteroatoms. The molecule has 3 nitrogen and oxygen atoms in total. The highest BCUT2D eigenvalue weighted by Gasteiger charge is 2.14. The first-order chi connectivity index (χ1) is 8.59. The summed E-state index contributed by atoms with van der Waals surface area (Å²) in [4.78, 5) is 22.5. The van der Waals surface area contributed by atoms with Crippen molar-refractivity contribution in [3.63, 3.8) is 0 Å². The van der Waals surface area contributed by atoms with Gasteiger partial charge >= 0.3 is 5.97 Å². The van der Waals surface area contributed by atoms with Gasteiger partial charge in [0.25, 0.3) is 0 Å². The van der Waals surface area contributed by atoms with Crippen molar-refractivity contribution in [2.24, 2.45) is 0 Å². The van der Waals surface area contributed by atoms with Crippen LogP contribution in [0.25, 0.3) is 11.1 Å². The maximum atomic E-state index is 11.5. The van der Waals surface area contributed by atoms with E-state index in [4.69, 9.17) is 5.11 Å². The maximum absolute atomic E-state index is 11.5. The Kier molecular flexibility index (Phi) is 3.24. The second-order valence-corrected chi connectivity index (χ2v) is 3.99. The Bertz CT molecular complexity index is 600. The molecule has 0 heterocycles. The number of carboxylic acids is 1. The summed E-state index contributed by atoms with van der Waals surface area (Å²) in [5.74, 6) is -1.33. The van der Waals surface area contributed by atoms with Crippen LogP contribution in [-0.4, -0.2) is 16.9 Å². The number of Topliss-reactive ketones (excluding diaryl/α,β-unsaturated/α-hetero) is 1. The van der Waals surface area contributed by atoms with E-state index in [1.165, 1.54) is 13.0 Å². The molecule has 0 radical (unpaired) electrons. The van der Waals surface area contributed by atoms with E-state index < -0.39 is 5.97 Å². The maximum Gasteiger partial charge on any atom is 0.336 e. The molecule has 0 atom stereocenters. The molecular weight excluding hydrogens is 228 g/mol. The summed E-state index contributed by atoms with van der Waals surface area (Å²) < 4.78 is 0. The van der Waals surface area contributed by atoms with Crippen molar-refractivity contribution < 1.29 is 14.7 Å². The molecule has 0 saturated heterocycles. The molecule has 0 saturated carbocycles. The molecule has 0 unspecified atom stereocenters. The molecule has 1 N–H and O–H groups in total. The highest BCUT2D eigenvalue weighted by atomic mass is 16.4. The molecule has 0 aliphatic carbocycles. The van der Waals surface area contributed by atoms with Crippen molar-refractivity contribution in [3.05, 3.63) is 59.7 Å². The van der Waals surface area contributed by atoms with Crippen LogP contribution < -0.4 is 0 Å². The van der Waals surface area contributed by atoms with Gasteiger partial charge in [-0.15, -0.1) is 0 Å². The summed E-state index contributed by atoms with van der Waals surface area (Å²) >= 11 is 0. The van der Waals surface area contributed by atoms with Crippen LogP contribution >= 0.6 is 0 Å². The zero-order chi connectivity index (χ0) is 13.1. The fraction of sp³-hybridized carbons (Fsp3) is 0.0667. The van der Waals surface area contributed by atoms with Gasteiger partial charge in [0.2, 0.25) is 0 Å². The number of hydrogen-bond donors (Lipinski definition) is 1. The zero-order valence-corrected chi connectivity index (χ0v) is 9.88. The molecule has 0 amide bonds. The molecule has 0 aromatic heterocycles. The van der Waals surface area contributed by atoms with Crippen LogP contribution in [0.1, 0.15) is 27.6 Å². The lowest BCUT2D eigenvalue weighted by Gasteiger charge is -2.06. The summed E-state index contributed by atoms with van der Waals surface area (Å²) in [5, 5.41) is 9.02. The average Bonchev–Trinajstić information content (AvgIpc) is 2.39. The highest BCUT2D eigenvalue weighted by molar-refractivity contribution is 6.05. The third-order valence-electron chi connectivity index (χ3n) is 2.74. The van der Waals surface area contributed by atoms with Gasteiger partial charge in [0.1, 0.15) is 0 Å². The Morgan fingerprint density at radius 1 is 0.889 bits per heavy atom. The number of hydrogen-bond acceptors (Lipinski definition) is 2. The molecule has 2 aromatic carbocycles. The second-order valence-electron chi connectivity index (χ2n) is 3.99. The van der Waals surface area contributed by atoms with Crippen LogP contribution in [0.15, 0.2) is 48.5 Å². The van der Waals surface area contributed by atoms with Gasteiger partial charge in [-0.2, -0.15) is 0 Å². The Labute approximate surface area is 105 Å². The van der Waals surface area contributed by atoms with Crippen LogP contribution in [-0.2, 0) is 0 Å². The van der Waals surface area contributed by atoms with E-state index in [1.807, 2.05) is 30.3 Å². The largest absolute Gasteiger partial charge is 0.478 e. The first-order valence-electron chi connectivity index (χ1n) is 5.53. The van der Waals surface area contributed by atoms with Crippen LogP contribution in [0.4, 0.5) is 0 Å². The summed E-state index contributed by atoms with van der Waals surface area (Å²) in [6.07, 6.45) is 0. The molecule has 2 rings (SSSR count). The quantitative estimate of drug-likeness (QED) is 0.838. The zero-order valence-electron chi connectivity index (χ0n) is 9.88. The van der Waals surface area contributed by atoms with E-state index >= 15 is 0 Å². The summed E-state index contributed by atoms with van der Waals surface area (Å²) in [5.41, 5.74) is 2.08. The predicted octanol–water partition coefficient (Wildman–Crippen LogP) is 3.25. The Hall–Kier alpha value is -2.42. The van der Waals surface area contributed by atoms with Crippen molar-refractivity contribution in [1.82, 2.24) is 0 Å². The van der Waals surface area contributed by atoms with Gasteiger partial charge < -0.3 is 5.11 Å². The van der Waals surface area contributed by atoms with Gasteiger partial charge in [0.15, 0.2) is 5.78 Å². The molecule has 0 aliphatic heterocycles. The molecule has 18 heavy (non-hydrogen) atoms. The van der Waals surface area contributed by atoms with Crippen LogP contribution in [0, 0.1) is 0 Å². The van der Waals surface area contributed by atoms with Gasteiger partial charge in [-0.3, -0.25) is 4.79 Å². The SMILES string of the molecule is CC(=O)c1cc(-c2ccccc2)ccc1C(=O)O. The smallest absolute Gasteiger partial charge is 0.336 e. The normalized spacial score (nSPS) is 10.1. The minimum Gasteiger partial charge on any atom is -0.478 e. The van der Waals surface area contributed by atoms with Crippen LogP contribution in [0.5, 0.6) is 0 Å². The van der Waals surface area contributed by atoms with Crippen molar-refractivity contribution in [1.29, 1.82) is 0 Å². The summed E-state index contributed by atoms with van der Waals surface area (Å²) in [6, 6.07) is 14.3. The van der Waals surface area contributed by atoms with E-state index in [2.05, 4.69) is 0 Å². The van der Waals surface area contributed by atoms with Gasteiger partial charge in [0, 0.05) is 5.56 Å². The molecule has 0 spiro atoms. The average molecular weight is 240 g/mol. The fourth-order valence-electron chi connectivity index (χ4n) is 1.83. The third kappa shape index (κ3) is 2.30. The summed E-state index contributed by atoms with van der Waals surface area (Å²) in [7, 11) is 0. The monoisotopic (exact) mass is 240 g/mol.